The van der Waals surface area contributed by atoms with Crippen LogP contribution in [0.25, 0.3) is 11.1 Å². The van der Waals surface area contributed by atoms with Crippen LogP contribution in [0.5, 0.6) is 0 Å². The minimum atomic E-state index is -0.675. The Labute approximate surface area is 196 Å². The average Bonchev–Trinajstić information content (AvgIpc) is 2.85. The maximum Gasteiger partial charge on any atom is 0.251 e. The maximum atomic E-state index is 13.6. The first-order valence-corrected chi connectivity index (χ1v) is 12.2. The third kappa shape index (κ3) is 5.44. The number of likely N-dealkylation sites (tertiary alicyclic amines) is 1. The SMILES string of the molecule is CC(C)NC(=O)[C@]1(Cc2ccccc2-c2cccnc2)CCCN(C(=O)[C@@H]2CCCCO2)C1. The normalized spacial score (nSPS) is 23.4. The molecule has 0 radical (unpaired) electrons. The first-order valence-electron chi connectivity index (χ1n) is 12.2. The zero-order chi connectivity index (χ0) is 23.3. The van der Waals surface area contributed by atoms with Crippen LogP contribution in [-0.4, -0.2) is 53.5 Å². The molecule has 0 unspecified atom stereocenters. The summed E-state index contributed by atoms with van der Waals surface area (Å²) in [5, 5.41) is 3.15. The smallest absolute Gasteiger partial charge is 0.251 e. The summed E-state index contributed by atoms with van der Waals surface area (Å²) in [7, 11) is 0. The number of piperidine rings is 1. The summed E-state index contributed by atoms with van der Waals surface area (Å²) in [6, 6.07) is 12.2. The van der Waals surface area contributed by atoms with Gasteiger partial charge in [0.2, 0.25) is 5.91 Å². The number of aromatic nitrogens is 1. The molecule has 2 saturated heterocycles. The molecule has 0 aliphatic carbocycles. The predicted molar refractivity (Wildman–Crippen MR) is 128 cm³/mol. The number of carbonyl (C=O) groups is 2. The molecule has 2 aromatic rings. The summed E-state index contributed by atoms with van der Waals surface area (Å²) in [6.07, 6.45) is 8.18. The number of pyridine rings is 1. The Morgan fingerprint density at radius 2 is 2.03 bits per heavy atom. The molecule has 1 N–H and O–H groups in total. The molecule has 1 aromatic carbocycles. The quantitative estimate of drug-likeness (QED) is 0.724. The highest BCUT2D eigenvalue weighted by Gasteiger charge is 2.45. The van der Waals surface area contributed by atoms with Gasteiger partial charge in [-0.25, -0.2) is 0 Å². The van der Waals surface area contributed by atoms with Crippen molar-refractivity contribution >= 4 is 11.8 Å². The van der Waals surface area contributed by atoms with Crippen LogP contribution >= 0.6 is 0 Å². The van der Waals surface area contributed by atoms with Crippen molar-refractivity contribution in [3.05, 3.63) is 54.4 Å². The second-order valence-corrected chi connectivity index (χ2v) is 9.70. The van der Waals surface area contributed by atoms with Crippen LogP contribution in [0.3, 0.4) is 0 Å². The summed E-state index contributed by atoms with van der Waals surface area (Å²) < 4.78 is 5.78. The Morgan fingerprint density at radius 1 is 1.18 bits per heavy atom. The molecule has 4 rings (SSSR count). The first kappa shape index (κ1) is 23.4. The molecular formula is C27H35N3O3. The van der Waals surface area contributed by atoms with E-state index in [0.29, 0.717) is 26.1 Å². The number of hydrogen-bond donors (Lipinski definition) is 1. The summed E-state index contributed by atoms with van der Waals surface area (Å²) >= 11 is 0. The monoisotopic (exact) mass is 449 g/mol. The van der Waals surface area contributed by atoms with E-state index in [1.807, 2.05) is 49.2 Å². The Balaban J connectivity index is 1.64. The fraction of sp³-hybridized carbons (Fsp3) is 0.519. The number of hydrogen-bond acceptors (Lipinski definition) is 4. The molecule has 176 valence electrons. The van der Waals surface area contributed by atoms with Gasteiger partial charge in [0.25, 0.3) is 5.91 Å². The standard InChI is InChI=1S/C27H35N3O3/c1-20(2)29-26(32)27(13-8-15-30(19-27)25(31)24-12-5-6-16-33-24)17-21-9-3-4-11-23(21)22-10-7-14-28-18-22/h3-4,7,9-11,14,18,20,24H,5-6,8,12-13,15-17,19H2,1-2H3,(H,29,32)/t24-,27-/m0/s1. The van der Waals surface area contributed by atoms with Gasteiger partial charge >= 0.3 is 0 Å². The summed E-state index contributed by atoms with van der Waals surface area (Å²) in [5.41, 5.74) is 2.55. The van der Waals surface area contributed by atoms with Gasteiger partial charge in [-0.2, -0.15) is 0 Å². The molecule has 3 heterocycles. The van der Waals surface area contributed by atoms with E-state index in [1.165, 1.54) is 0 Å². The molecular weight excluding hydrogens is 414 g/mol. The van der Waals surface area contributed by atoms with Crippen molar-refractivity contribution in [2.45, 2.75) is 64.5 Å². The summed E-state index contributed by atoms with van der Waals surface area (Å²) in [4.78, 5) is 33.1. The van der Waals surface area contributed by atoms with E-state index in [9.17, 15) is 9.59 Å². The second kappa shape index (κ2) is 10.5. The fourth-order valence-electron chi connectivity index (χ4n) is 5.13. The van der Waals surface area contributed by atoms with E-state index >= 15 is 0 Å². The van der Waals surface area contributed by atoms with Gasteiger partial charge < -0.3 is 15.0 Å². The minimum absolute atomic E-state index is 0.0283. The lowest BCUT2D eigenvalue weighted by Crippen LogP contribution is -2.57. The van der Waals surface area contributed by atoms with Crippen LogP contribution < -0.4 is 5.32 Å². The highest BCUT2D eigenvalue weighted by molar-refractivity contribution is 5.86. The van der Waals surface area contributed by atoms with Gasteiger partial charge in [-0.1, -0.05) is 30.3 Å². The lowest BCUT2D eigenvalue weighted by atomic mass is 9.73. The van der Waals surface area contributed by atoms with Crippen molar-refractivity contribution in [3.8, 4) is 11.1 Å². The molecule has 2 fully saturated rings. The van der Waals surface area contributed by atoms with Crippen molar-refractivity contribution in [2.24, 2.45) is 5.41 Å². The molecule has 1 aromatic heterocycles. The fourth-order valence-corrected chi connectivity index (χ4v) is 5.13. The number of ether oxygens (including phenoxy) is 1. The third-order valence-corrected chi connectivity index (χ3v) is 6.76. The molecule has 0 bridgehead atoms. The van der Waals surface area contributed by atoms with Gasteiger partial charge in [0.15, 0.2) is 0 Å². The molecule has 2 amide bonds. The van der Waals surface area contributed by atoms with Crippen LogP contribution in [0.1, 0.15) is 51.5 Å². The van der Waals surface area contributed by atoms with Crippen LogP contribution in [0.15, 0.2) is 48.8 Å². The topological polar surface area (TPSA) is 71.5 Å². The number of benzene rings is 1. The Morgan fingerprint density at radius 3 is 2.76 bits per heavy atom. The first-order chi connectivity index (χ1) is 16.0. The Bertz CT molecular complexity index is 956. The van der Waals surface area contributed by atoms with Crippen molar-refractivity contribution in [1.82, 2.24) is 15.2 Å². The van der Waals surface area contributed by atoms with Crippen LogP contribution in [0.2, 0.25) is 0 Å². The Hall–Kier alpha value is -2.73. The van der Waals surface area contributed by atoms with Gasteiger partial charge in [0.1, 0.15) is 6.10 Å². The van der Waals surface area contributed by atoms with Crippen molar-refractivity contribution in [2.75, 3.05) is 19.7 Å². The summed E-state index contributed by atoms with van der Waals surface area (Å²) in [5.74, 6) is 0.0669. The van der Waals surface area contributed by atoms with Gasteiger partial charge in [-0.05, 0) is 69.6 Å². The Kier molecular flexibility index (Phi) is 7.43. The highest BCUT2D eigenvalue weighted by atomic mass is 16.5. The van der Waals surface area contributed by atoms with Crippen molar-refractivity contribution in [1.29, 1.82) is 0 Å². The van der Waals surface area contributed by atoms with Crippen molar-refractivity contribution < 1.29 is 14.3 Å². The van der Waals surface area contributed by atoms with Crippen LogP contribution in [-0.2, 0) is 20.7 Å². The lowest BCUT2D eigenvalue weighted by Gasteiger charge is -2.43. The highest BCUT2D eigenvalue weighted by Crippen LogP contribution is 2.38. The molecule has 33 heavy (non-hydrogen) atoms. The lowest BCUT2D eigenvalue weighted by molar-refractivity contribution is -0.152. The van der Waals surface area contributed by atoms with E-state index in [-0.39, 0.29) is 24.0 Å². The second-order valence-electron chi connectivity index (χ2n) is 9.70. The number of nitrogens with zero attached hydrogens (tertiary/aromatic N) is 2. The van der Waals surface area contributed by atoms with Gasteiger partial charge in [-0.3, -0.25) is 14.6 Å². The number of amides is 2. The van der Waals surface area contributed by atoms with E-state index in [2.05, 4.69) is 22.4 Å². The minimum Gasteiger partial charge on any atom is -0.368 e. The van der Waals surface area contributed by atoms with E-state index in [1.54, 1.807) is 6.20 Å². The number of nitrogens with one attached hydrogen (secondary N) is 1. The van der Waals surface area contributed by atoms with Crippen LogP contribution in [0, 0.1) is 5.41 Å². The zero-order valence-electron chi connectivity index (χ0n) is 19.8. The molecule has 2 aliphatic rings. The summed E-state index contributed by atoms with van der Waals surface area (Å²) in [6.45, 7) is 5.71. The maximum absolute atomic E-state index is 13.6. The van der Waals surface area contributed by atoms with E-state index in [4.69, 9.17) is 4.74 Å². The predicted octanol–water partition coefficient (Wildman–Crippen LogP) is 3.99. The van der Waals surface area contributed by atoms with E-state index < -0.39 is 5.41 Å². The number of carbonyl (C=O) groups excluding carboxylic acids is 2. The molecule has 2 aliphatic heterocycles. The van der Waals surface area contributed by atoms with Gasteiger partial charge in [-0.15, -0.1) is 0 Å². The van der Waals surface area contributed by atoms with Gasteiger partial charge in [0, 0.05) is 43.7 Å². The molecule has 2 atom stereocenters. The van der Waals surface area contributed by atoms with Crippen LogP contribution in [0.4, 0.5) is 0 Å². The average molecular weight is 450 g/mol. The van der Waals surface area contributed by atoms with E-state index in [0.717, 1.165) is 48.8 Å². The number of rotatable bonds is 6. The molecule has 0 saturated carbocycles. The third-order valence-electron chi connectivity index (χ3n) is 6.76. The molecule has 6 heteroatoms. The van der Waals surface area contributed by atoms with Gasteiger partial charge in [0.05, 0.1) is 5.41 Å². The molecule has 0 spiro atoms. The van der Waals surface area contributed by atoms with Crippen molar-refractivity contribution in [3.63, 3.8) is 0 Å². The zero-order valence-corrected chi connectivity index (χ0v) is 19.8. The largest absolute Gasteiger partial charge is 0.368 e. The molecule has 6 nitrogen and oxygen atoms in total.